The van der Waals surface area contributed by atoms with Crippen LogP contribution < -0.4 is 5.56 Å². The summed E-state index contributed by atoms with van der Waals surface area (Å²) in [4.78, 5) is 12.1. The molecule has 0 aliphatic carbocycles. The van der Waals surface area contributed by atoms with Crippen LogP contribution in [0.2, 0.25) is 0 Å². The first-order chi connectivity index (χ1) is 7.15. The summed E-state index contributed by atoms with van der Waals surface area (Å²) in [6, 6.07) is 0.147. The molecule has 80 valence electrons. The zero-order chi connectivity index (χ0) is 11.0. The van der Waals surface area contributed by atoms with Crippen LogP contribution in [-0.2, 0) is 0 Å². The fraction of sp³-hybridized carbons (Fsp3) is 0.400. The first kappa shape index (κ1) is 10.8. The Morgan fingerprint density at radius 1 is 1.67 bits per heavy atom. The van der Waals surface area contributed by atoms with E-state index in [4.69, 9.17) is 0 Å². The highest BCUT2D eigenvalue weighted by Crippen LogP contribution is 2.26. The van der Waals surface area contributed by atoms with Gasteiger partial charge in [-0.05, 0) is 29.3 Å². The van der Waals surface area contributed by atoms with Crippen LogP contribution in [0.25, 0.3) is 10.1 Å². The van der Waals surface area contributed by atoms with Gasteiger partial charge in [0.15, 0.2) is 0 Å². The number of rotatable bonds is 2. The normalized spacial score (nSPS) is 13.3. The zero-order valence-corrected chi connectivity index (χ0v) is 10.9. The lowest BCUT2D eigenvalue weighted by atomic mass is 10.2. The molecule has 1 atom stereocenters. The van der Waals surface area contributed by atoms with E-state index in [9.17, 15) is 4.79 Å². The molecule has 2 heterocycles. The van der Waals surface area contributed by atoms with Gasteiger partial charge >= 0.3 is 0 Å². The van der Waals surface area contributed by atoms with E-state index >= 15 is 0 Å². The van der Waals surface area contributed by atoms with Crippen molar-refractivity contribution in [2.24, 2.45) is 0 Å². The molecule has 0 N–H and O–H groups in total. The van der Waals surface area contributed by atoms with Crippen molar-refractivity contribution in [2.45, 2.75) is 26.3 Å². The van der Waals surface area contributed by atoms with Crippen molar-refractivity contribution in [2.75, 3.05) is 0 Å². The van der Waals surface area contributed by atoms with Crippen LogP contribution in [0.1, 0.15) is 26.3 Å². The van der Waals surface area contributed by atoms with Crippen LogP contribution in [0.4, 0.5) is 0 Å². The molecule has 5 heteroatoms. The molecule has 2 aromatic rings. The maximum absolute atomic E-state index is 12.1. The van der Waals surface area contributed by atoms with E-state index in [1.54, 1.807) is 10.9 Å². The van der Waals surface area contributed by atoms with Gasteiger partial charge in [-0.2, -0.15) is 5.10 Å². The number of hydrogen-bond acceptors (Lipinski definition) is 3. The molecule has 1 unspecified atom stereocenters. The van der Waals surface area contributed by atoms with Crippen LogP contribution in [0.5, 0.6) is 0 Å². The third-order valence-corrected chi connectivity index (χ3v) is 4.35. The van der Waals surface area contributed by atoms with Gasteiger partial charge in [0.2, 0.25) is 0 Å². The molecule has 0 radical (unpaired) electrons. The van der Waals surface area contributed by atoms with E-state index in [0.29, 0.717) is 0 Å². The molecule has 2 rings (SSSR count). The summed E-state index contributed by atoms with van der Waals surface area (Å²) in [6.45, 7) is 4.05. The molecule has 3 nitrogen and oxygen atoms in total. The van der Waals surface area contributed by atoms with Crippen LogP contribution in [-0.4, -0.2) is 9.78 Å². The maximum Gasteiger partial charge on any atom is 0.276 e. The minimum Gasteiger partial charge on any atom is -0.267 e. The van der Waals surface area contributed by atoms with E-state index in [1.165, 1.54) is 11.3 Å². The van der Waals surface area contributed by atoms with Crippen molar-refractivity contribution < 1.29 is 0 Å². The van der Waals surface area contributed by atoms with Gasteiger partial charge in [-0.15, -0.1) is 11.3 Å². The Bertz CT molecular complexity index is 546. The Balaban J connectivity index is 2.74. The fourth-order valence-electron chi connectivity index (χ4n) is 1.42. The Labute approximate surface area is 99.9 Å². The third kappa shape index (κ3) is 1.74. The maximum atomic E-state index is 12.1. The topological polar surface area (TPSA) is 34.9 Å². The highest BCUT2D eigenvalue weighted by Gasteiger charge is 2.12. The molecule has 0 saturated carbocycles. The van der Waals surface area contributed by atoms with Gasteiger partial charge in [0, 0.05) is 9.85 Å². The lowest BCUT2D eigenvalue weighted by Gasteiger charge is -2.10. The van der Waals surface area contributed by atoms with Gasteiger partial charge < -0.3 is 0 Å². The van der Waals surface area contributed by atoms with Crippen LogP contribution in [0, 0.1) is 0 Å². The monoisotopic (exact) mass is 286 g/mol. The van der Waals surface area contributed by atoms with Gasteiger partial charge in [0.25, 0.3) is 5.56 Å². The molecule has 15 heavy (non-hydrogen) atoms. The van der Waals surface area contributed by atoms with Crippen molar-refractivity contribution in [3.05, 3.63) is 26.4 Å². The largest absolute Gasteiger partial charge is 0.276 e. The van der Waals surface area contributed by atoms with Gasteiger partial charge in [-0.25, -0.2) is 4.68 Å². The van der Waals surface area contributed by atoms with E-state index in [1.807, 2.05) is 19.2 Å². The number of nitrogens with zero attached hydrogens (tertiary/aromatic N) is 2. The van der Waals surface area contributed by atoms with Gasteiger partial charge in [-0.1, -0.05) is 6.92 Å². The van der Waals surface area contributed by atoms with Crippen molar-refractivity contribution in [1.29, 1.82) is 0 Å². The number of hydrogen-bond donors (Lipinski definition) is 0. The molecular formula is C10H11BrN2OS. The molecule has 0 saturated heterocycles. The third-order valence-electron chi connectivity index (χ3n) is 2.50. The molecule has 0 aromatic carbocycles. The minimum atomic E-state index is -0.00465. The second kappa shape index (κ2) is 4.06. The molecule has 0 aliphatic heterocycles. The molecule has 0 aliphatic rings. The summed E-state index contributed by atoms with van der Waals surface area (Å²) in [6.07, 6.45) is 2.67. The predicted octanol–water partition coefficient (Wildman–Crippen LogP) is 3.19. The molecule has 0 amide bonds. The summed E-state index contributed by atoms with van der Waals surface area (Å²) in [5.74, 6) is 0. The first-order valence-corrected chi connectivity index (χ1v) is 6.47. The summed E-state index contributed by atoms with van der Waals surface area (Å²) < 4.78 is 3.36. The lowest BCUT2D eigenvalue weighted by Crippen LogP contribution is -2.25. The number of fused-ring (bicyclic) bond motifs is 1. The quantitative estimate of drug-likeness (QED) is 0.850. The Morgan fingerprint density at radius 2 is 2.40 bits per heavy atom. The standard InChI is InChI=1S/C10H11BrN2OS/c1-3-6(2)13-10(14)9-7(11)5-15-8(9)4-12-13/h4-6H,3H2,1-2H3. The smallest absolute Gasteiger partial charge is 0.267 e. The minimum absolute atomic E-state index is 0.00465. The second-order valence-corrected chi connectivity index (χ2v) is 5.24. The van der Waals surface area contributed by atoms with Gasteiger partial charge in [0.1, 0.15) is 0 Å². The summed E-state index contributed by atoms with van der Waals surface area (Å²) in [7, 11) is 0. The van der Waals surface area contributed by atoms with E-state index in [0.717, 1.165) is 21.0 Å². The molecule has 2 aromatic heterocycles. The summed E-state index contributed by atoms with van der Waals surface area (Å²) >= 11 is 4.93. The molecule has 0 spiro atoms. The summed E-state index contributed by atoms with van der Waals surface area (Å²) in [5, 5.41) is 6.86. The van der Waals surface area contributed by atoms with Crippen LogP contribution in [0.3, 0.4) is 0 Å². The van der Waals surface area contributed by atoms with Crippen LogP contribution in [0.15, 0.2) is 20.8 Å². The van der Waals surface area contributed by atoms with Crippen LogP contribution >= 0.6 is 27.3 Å². The van der Waals surface area contributed by atoms with Gasteiger partial charge in [-0.3, -0.25) is 4.79 Å². The number of aromatic nitrogens is 2. The van der Waals surface area contributed by atoms with E-state index in [-0.39, 0.29) is 11.6 Å². The van der Waals surface area contributed by atoms with E-state index < -0.39 is 0 Å². The average Bonchev–Trinajstić information content (AvgIpc) is 2.61. The average molecular weight is 287 g/mol. The second-order valence-electron chi connectivity index (χ2n) is 3.47. The lowest BCUT2D eigenvalue weighted by molar-refractivity contribution is 0.458. The summed E-state index contributed by atoms with van der Waals surface area (Å²) in [5.41, 5.74) is -0.00465. The SMILES string of the molecule is CCC(C)n1ncc2scc(Br)c2c1=O. The number of halogens is 1. The van der Waals surface area contributed by atoms with Crippen molar-refractivity contribution >= 4 is 37.4 Å². The van der Waals surface area contributed by atoms with Gasteiger partial charge in [0.05, 0.1) is 22.3 Å². The molecular weight excluding hydrogens is 276 g/mol. The Hall–Kier alpha value is -0.680. The zero-order valence-electron chi connectivity index (χ0n) is 8.53. The predicted molar refractivity (Wildman–Crippen MR) is 66.6 cm³/mol. The first-order valence-electron chi connectivity index (χ1n) is 4.79. The Kier molecular flexibility index (Phi) is 2.93. The molecule has 0 fully saturated rings. The highest BCUT2D eigenvalue weighted by molar-refractivity contribution is 9.10. The van der Waals surface area contributed by atoms with Crippen molar-refractivity contribution in [3.8, 4) is 0 Å². The van der Waals surface area contributed by atoms with Crippen molar-refractivity contribution in [1.82, 2.24) is 9.78 Å². The number of thiophene rings is 1. The Morgan fingerprint density at radius 3 is 3.07 bits per heavy atom. The van der Waals surface area contributed by atoms with E-state index in [2.05, 4.69) is 21.0 Å². The van der Waals surface area contributed by atoms with Crippen molar-refractivity contribution in [3.63, 3.8) is 0 Å². The highest BCUT2D eigenvalue weighted by atomic mass is 79.9. The molecule has 0 bridgehead atoms. The fourth-order valence-corrected chi connectivity index (χ4v) is 2.99.